The molecule has 0 saturated heterocycles. The lowest BCUT2D eigenvalue weighted by molar-refractivity contribution is 0.296. The zero-order valence-corrected chi connectivity index (χ0v) is 10.1. The Morgan fingerprint density at radius 1 is 1.31 bits per heavy atom. The highest BCUT2D eigenvalue weighted by Gasteiger charge is 1.94. The fourth-order valence-electron chi connectivity index (χ4n) is 1.29. The van der Waals surface area contributed by atoms with Crippen molar-refractivity contribution in [1.82, 2.24) is 5.32 Å². The molecule has 0 aliphatic rings. The quantitative estimate of drug-likeness (QED) is 0.685. The Bertz CT molecular complexity index is 296. The van der Waals surface area contributed by atoms with E-state index in [2.05, 4.69) is 5.32 Å². The normalized spacial score (nSPS) is 10.6. The summed E-state index contributed by atoms with van der Waals surface area (Å²) in [6.45, 7) is 1.88. The van der Waals surface area contributed by atoms with Crippen molar-refractivity contribution in [1.29, 1.82) is 0 Å². The second kappa shape index (κ2) is 8.56. The third-order valence-electron chi connectivity index (χ3n) is 2.09. The Kier molecular flexibility index (Phi) is 7.21. The molecule has 0 spiro atoms. The first-order valence-corrected chi connectivity index (χ1v) is 6.62. The number of hydrogen-bond acceptors (Lipinski definition) is 3. The molecular formula is C12H18FNOS. The van der Waals surface area contributed by atoms with Gasteiger partial charge >= 0.3 is 0 Å². The van der Waals surface area contributed by atoms with Crippen molar-refractivity contribution in [2.24, 2.45) is 0 Å². The van der Waals surface area contributed by atoms with Gasteiger partial charge in [0.25, 0.3) is 0 Å². The van der Waals surface area contributed by atoms with E-state index in [1.165, 1.54) is 6.07 Å². The number of rotatable bonds is 8. The van der Waals surface area contributed by atoms with Gasteiger partial charge in [0.05, 0.1) is 0 Å². The molecule has 1 aromatic rings. The molecule has 0 bridgehead atoms. The van der Waals surface area contributed by atoms with Gasteiger partial charge in [0.15, 0.2) is 0 Å². The second-order valence-corrected chi connectivity index (χ2v) is 4.72. The molecule has 0 aromatic heterocycles. The lowest BCUT2D eigenvalue weighted by Crippen LogP contribution is -2.16. The van der Waals surface area contributed by atoms with Gasteiger partial charge in [-0.1, -0.05) is 12.1 Å². The number of aliphatic hydroxyl groups is 1. The molecule has 1 aromatic carbocycles. The van der Waals surface area contributed by atoms with Crippen LogP contribution < -0.4 is 5.32 Å². The van der Waals surface area contributed by atoms with Crippen LogP contribution in [0.25, 0.3) is 0 Å². The van der Waals surface area contributed by atoms with Crippen LogP contribution in [0, 0.1) is 5.82 Å². The summed E-state index contributed by atoms with van der Waals surface area (Å²) in [4.78, 5) is 0. The molecule has 0 atom stereocenters. The number of aliphatic hydroxyl groups excluding tert-OH is 1. The smallest absolute Gasteiger partial charge is 0.123 e. The monoisotopic (exact) mass is 243 g/mol. The third-order valence-corrected chi connectivity index (χ3v) is 3.16. The minimum atomic E-state index is -0.184. The highest BCUT2D eigenvalue weighted by atomic mass is 32.2. The van der Waals surface area contributed by atoms with Crippen LogP contribution in [0.1, 0.15) is 12.0 Å². The maximum Gasteiger partial charge on any atom is 0.123 e. The predicted octanol–water partition coefficient (Wildman–Crippen LogP) is 2.03. The van der Waals surface area contributed by atoms with E-state index in [1.807, 2.05) is 17.8 Å². The van der Waals surface area contributed by atoms with Crippen molar-refractivity contribution in [3.63, 3.8) is 0 Å². The fourth-order valence-corrected chi connectivity index (χ4v) is 2.12. The molecule has 4 heteroatoms. The van der Waals surface area contributed by atoms with Gasteiger partial charge in [0, 0.05) is 25.4 Å². The summed E-state index contributed by atoms with van der Waals surface area (Å²) in [5, 5.41) is 11.8. The maximum absolute atomic E-state index is 12.8. The molecule has 0 radical (unpaired) electrons. The van der Waals surface area contributed by atoms with Gasteiger partial charge in [-0.25, -0.2) is 4.39 Å². The summed E-state index contributed by atoms with van der Waals surface area (Å²) >= 11 is 1.82. The largest absolute Gasteiger partial charge is 0.396 e. The van der Waals surface area contributed by atoms with Crippen LogP contribution in [0.2, 0.25) is 0 Å². The van der Waals surface area contributed by atoms with Crippen LogP contribution in [0.4, 0.5) is 4.39 Å². The summed E-state index contributed by atoms with van der Waals surface area (Å²) in [6.07, 6.45) is 0.856. The van der Waals surface area contributed by atoms with E-state index < -0.39 is 0 Å². The molecule has 0 fully saturated rings. The number of thioether (sulfide) groups is 1. The van der Waals surface area contributed by atoms with E-state index in [0.717, 1.165) is 30.0 Å². The topological polar surface area (TPSA) is 32.3 Å². The van der Waals surface area contributed by atoms with Crippen molar-refractivity contribution >= 4 is 11.8 Å². The van der Waals surface area contributed by atoms with Crippen molar-refractivity contribution < 1.29 is 9.50 Å². The zero-order valence-electron chi connectivity index (χ0n) is 9.29. The average molecular weight is 243 g/mol. The van der Waals surface area contributed by atoms with Crippen LogP contribution in [0.15, 0.2) is 24.3 Å². The number of halogens is 1. The zero-order chi connectivity index (χ0) is 11.6. The lowest BCUT2D eigenvalue weighted by Gasteiger charge is -2.04. The van der Waals surface area contributed by atoms with Crippen LogP contribution in [-0.4, -0.2) is 29.8 Å². The predicted molar refractivity (Wildman–Crippen MR) is 67.1 cm³/mol. The molecule has 16 heavy (non-hydrogen) atoms. The standard InChI is InChI=1S/C12H18FNOS/c13-12-4-1-3-11(9-12)10-14-5-8-16-7-2-6-15/h1,3-4,9,14-15H,2,5-8,10H2. The average Bonchev–Trinajstić information content (AvgIpc) is 2.28. The van der Waals surface area contributed by atoms with Gasteiger partial charge in [-0.3, -0.25) is 0 Å². The second-order valence-electron chi connectivity index (χ2n) is 3.50. The van der Waals surface area contributed by atoms with Crippen molar-refractivity contribution in [2.75, 3.05) is 24.7 Å². The summed E-state index contributed by atoms with van der Waals surface area (Å²) in [6, 6.07) is 6.64. The van der Waals surface area contributed by atoms with E-state index >= 15 is 0 Å². The van der Waals surface area contributed by atoms with Crippen LogP contribution >= 0.6 is 11.8 Å². The molecule has 0 aliphatic carbocycles. The number of benzene rings is 1. The molecule has 0 heterocycles. The number of nitrogens with one attached hydrogen (secondary N) is 1. The molecular weight excluding hydrogens is 225 g/mol. The molecule has 90 valence electrons. The fraction of sp³-hybridized carbons (Fsp3) is 0.500. The van der Waals surface area contributed by atoms with Gasteiger partial charge in [-0.05, 0) is 29.9 Å². The summed E-state index contributed by atoms with van der Waals surface area (Å²) in [5.41, 5.74) is 0.973. The van der Waals surface area contributed by atoms with Gasteiger partial charge in [-0.15, -0.1) is 0 Å². The maximum atomic E-state index is 12.8. The third kappa shape index (κ3) is 6.10. The van der Waals surface area contributed by atoms with Gasteiger partial charge < -0.3 is 10.4 Å². The lowest BCUT2D eigenvalue weighted by atomic mass is 10.2. The summed E-state index contributed by atoms with van der Waals surface area (Å²) in [7, 11) is 0. The van der Waals surface area contributed by atoms with Crippen LogP contribution in [0.5, 0.6) is 0 Å². The molecule has 2 nitrogen and oxygen atoms in total. The Hall–Kier alpha value is -0.580. The van der Waals surface area contributed by atoms with Gasteiger partial charge in [0.1, 0.15) is 5.82 Å². The van der Waals surface area contributed by atoms with Crippen molar-refractivity contribution in [3.8, 4) is 0 Å². The molecule has 2 N–H and O–H groups in total. The van der Waals surface area contributed by atoms with E-state index in [4.69, 9.17) is 5.11 Å². The first-order chi connectivity index (χ1) is 7.83. The van der Waals surface area contributed by atoms with E-state index in [1.54, 1.807) is 12.1 Å². The molecule has 0 unspecified atom stereocenters. The first-order valence-electron chi connectivity index (χ1n) is 5.46. The summed E-state index contributed by atoms with van der Waals surface area (Å²) in [5.74, 6) is 1.84. The SMILES string of the molecule is OCCCSCCNCc1cccc(F)c1. The first kappa shape index (κ1) is 13.5. The Balaban J connectivity index is 2.03. The molecule has 0 aliphatic heterocycles. The van der Waals surface area contributed by atoms with E-state index in [0.29, 0.717) is 6.54 Å². The highest BCUT2D eigenvalue weighted by Crippen LogP contribution is 2.03. The Morgan fingerprint density at radius 3 is 2.94 bits per heavy atom. The molecule has 1 rings (SSSR count). The minimum absolute atomic E-state index is 0.184. The van der Waals surface area contributed by atoms with E-state index in [9.17, 15) is 4.39 Å². The van der Waals surface area contributed by atoms with Crippen LogP contribution in [-0.2, 0) is 6.54 Å². The summed E-state index contributed by atoms with van der Waals surface area (Å²) < 4.78 is 12.8. The van der Waals surface area contributed by atoms with Gasteiger partial charge in [-0.2, -0.15) is 11.8 Å². The van der Waals surface area contributed by atoms with Crippen LogP contribution in [0.3, 0.4) is 0 Å². The van der Waals surface area contributed by atoms with Crippen molar-refractivity contribution in [2.45, 2.75) is 13.0 Å². The van der Waals surface area contributed by atoms with Crippen molar-refractivity contribution in [3.05, 3.63) is 35.6 Å². The Morgan fingerprint density at radius 2 is 2.19 bits per heavy atom. The molecule has 0 amide bonds. The van der Waals surface area contributed by atoms with E-state index in [-0.39, 0.29) is 12.4 Å². The highest BCUT2D eigenvalue weighted by molar-refractivity contribution is 7.99. The Labute approximate surface area is 100 Å². The number of hydrogen-bond donors (Lipinski definition) is 2. The van der Waals surface area contributed by atoms with Gasteiger partial charge in [0.2, 0.25) is 0 Å². The molecule has 0 saturated carbocycles. The minimum Gasteiger partial charge on any atom is -0.396 e.